The molecular weight excluding hydrogens is 249 g/mol. The lowest BCUT2D eigenvalue weighted by Crippen LogP contribution is -1.75. The molecule has 0 aliphatic rings. The second-order valence-electron chi connectivity index (χ2n) is 3.20. The highest BCUT2D eigenvalue weighted by Gasteiger charge is 2.11. The van der Waals surface area contributed by atoms with E-state index in [4.69, 9.17) is 23.2 Å². The summed E-state index contributed by atoms with van der Waals surface area (Å²) in [5, 5.41) is 3.19. The van der Waals surface area contributed by atoms with Gasteiger partial charge in [0.2, 0.25) is 0 Å². The third-order valence-electron chi connectivity index (χ3n) is 2.30. The average Bonchev–Trinajstić information content (AvgIpc) is 2.62. The molecule has 0 bridgehead atoms. The molecule has 3 rings (SSSR count). The van der Waals surface area contributed by atoms with Gasteiger partial charge in [-0.25, -0.2) is 4.98 Å². The standard InChI is InChI=1S/C11H5Cl2NS/c12-7-5-14-11-9(10(7)13)6-3-1-2-4-8(6)15-11/h1-5H. The minimum Gasteiger partial charge on any atom is -0.244 e. The molecule has 0 saturated carbocycles. The van der Waals surface area contributed by atoms with Crippen molar-refractivity contribution < 1.29 is 0 Å². The predicted molar refractivity (Wildman–Crippen MR) is 67.1 cm³/mol. The van der Waals surface area contributed by atoms with E-state index in [0.717, 1.165) is 15.6 Å². The number of aromatic nitrogens is 1. The van der Waals surface area contributed by atoms with E-state index in [1.807, 2.05) is 18.2 Å². The molecule has 4 heteroatoms. The summed E-state index contributed by atoms with van der Waals surface area (Å²) in [5.74, 6) is 0. The summed E-state index contributed by atoms with van der Waals surface area (Å²) >= 11 is 13.8. The van der Waals surface area contributed by atoms with Crippen LogP contribution in [0.25, 0.3) is 20.3 Å². The Morgan fingerprint density at radius 2 is 1.93 bits per heavy atom. The fourth-order valence-corrected chi connectivity index (χ4v) is 3.12. The minimum atomic E-state index is 0.507. The molecule has 1 nitrogen and oxygen atoms in total. The van der Waals surface area contributed by atoms with Crippen LogP contribution >= 0.6 is 34.5 Å². The molecular formula is C11H5Cl2NS. The number of pyridine rings is 1. The van der Waals surface area contributed by atoms with Crippen molar-refractivity contribution >= 4 is 54.8 Å². The maximum absolute atomic E-state index is 6.18. The van der Waals surface area contributed by atoms with Crippen LogP contribution in [0, 0.1) is 0 Å². The van der Waals surface area contributed by atoms with Gasteiger partial charge in [-0.05, 0) is 6.07 Å². The largest absolute Gasteiger partial charge is 0.244 e. The SMILES string of the molecule is Clc1cnc2sc3ccccc3c2c1Cl. The van der Waals surface area contributed by atoms with Crippen molar-refractivity contribution in [3.8, 4) is 0 Å². The number of hydrogen-bond acceptors (Lipinski definition) is 2. The van der Waals surface area contributed by atoms with Crippen molar-refractivity contribution in [3.63, 3.8) is 0 Å². The number of fused-ring (bicyclic) bond motifs is 3. The third-order valence-corrected chi connectivity index (χ3v) is 4.16. The van der Waals surface area contributed by atoms with Gasteiger partial charge in [0.25, 0.3) is 0 Å². The Morgan fingerprint density at radius 3 is 2.80 bits per heavy atom. The Kier molecular flexibility index (Phi) is 2.09. The molecule has 0 spiro atoms. The van der Waals surface area contributed by atoms with Crippen molar-refractivity contribution in [3.05, 3.63) is 40.5 Å². The first kappa shape index (κ1) is 9.40. The van der Waals surface area contributed by atoms with Crippen LogP contribution in [0.4, 0.5) is 0 Å². The summed E-state index contributed by atoms with van der Waals surface area (Å²) in [6, 6.07) is 8.10. The lowest BCUT2D eigenvalue weighted by atomic mass is 10.2. The molecule has 0 radical (unpaired) electrons. The number of hydrogen-bond donors (Lipinski definition) is 0. The number of nitrogens with zero attached hydrogens (tertiary/aromatic N) is 1. The fourth-order valence-electron chi connectivity index (χ4n) is 1.63. The molecule has 1 aromatic carbocycles. The predicted octanol–water partition coefficient (Wildman–Crippen LogP) is 4.76. The maximum atomic E-state index is 6.18. The van der Waals surface area contributed by atoms with Gasteiger partial charge < -0.3 is 0 Å². The van der Waals surface area contributed by atoms with Crippen LogP contribution in [0.3, 0.4) is 0 Å². The highest BCUT2D eigenvalue weighted by molar-refractivity contribution is 7.25. The van der Waals surface area contributed by atoms with E-state index in [2.05, 4.69) is 11.1 Å². The van der Waals surface area contributed by atoms with Crippen molar-refractivity contribution in [1.29, 1.82) is 0 Å². The highest BCUT2D eigenvalue weighted by atomic mass is 35.5. The van der Waals surface area contributed by atoms with Crippen molar-refractivity contribution in [1.82, 2.24) is 4.98 Å². The monoisotopic (exact) mass is 253 g/mol. The zero-order chi connectivity index (χ0) is 10.4. The Balaban J connectivity index is 2.63. The Labute approximate surface area is 100 Å². The molecule has 0 fully saturated rings. The third kappa shape index (κ3) is 1.33. The Bertz CT molecular complexity index is 660. The number of thiophene rings is 1. The topological polar surface area (TPSA) is 12.9 Å². The number of benzene rings is 1. The quantitative estimate of drug-likeness (QED) is 0.563. The van der Waals surface area contributed by atoms with Crippen molar-refractivity contribution in [2.75, 3.05) is 0 Å². The normalized spacial score (nSPS) is 11.3. The molecule has 0 unspecified atom stereocenters. The average molecular weight is 254 g/mol. The molecule has 74 valence electrons. The van der Waals surface area contributed by atoms with Gasteiger partial charge in [-0.1, -0.05) is 41.4 Å². The van der Waals surface area contributed by atoms with E-state index in [-0.39, 0.29) is 0 Å². The lowest BCUT2D eigenvalue weighted by Gasteiger charge is -1.96. The van der Waals surface area contributed by atoms with E-state index in [0.29, 0.717) is 10.0 Å². The van der Waals surface area contributed by atoms with Gasteiger partial charge in [0.1, 0.15) is 4.83 Å². The number of halogens is 2. The molecule has 0 atom stereocenters. The van der Waals surface area contributed by atoms with Crippen LogP contribution in [-0.4, -0.2) is 4.98 Å². The van der Waals surface area contributed by atoms with E-state index < -0.39 is 0 Å². The van der Waals surface area contributed by atoms with E-state index in [1.165, 1.54) is 4.70 Å². The van der Waals surface area contributed by atoms with Gasteiger partial charge in [-0.2, -0.15) is 0 Å². The van der Waals surface area contributed by atoms with E-state index >= 15 is 0 Å². The van der Waals surface area contributed by atoms with Gasteiger partial charge in [-0.3, -0.25) is 0 Å². The van der Waals surface area contributed by atoms with E-state index in [9.17, 15) is 0 Å². The van der Waals surface area contributed by atoms with Crippen LogP contribution in [0.1, 0.15) is 0 Å². The first-order valence-corrected chi connectivity index (χ1v) is 5.96. The molecule has 2 aromatic heterocycles. The Hall–Kier alpha value is -0.830. The summed E-state index contributed by atoms with van der Waals surface area (Å²) in [6.45, 7) is 0. The van der Waals surface area contributed by atoms with Crippen LogP contribution < -0.4 is 0 Å². The lowest BCUT2D eigenvalue weighted by molar-refractivity contribution is 1.45. The van der Waals surface area contributed by atoms with Gasteiger partial charge in [0.15, 0.2) is 0 Å². The molecule has 0 saturated heterocycles. The molecule has 15 heavy (non-hydrogen) atoms. The zero-order valence-corrected chi connectivity index (χ0v) is 9.83. The molecule has 2 heterocycles. The molecule has 0 amide bonds. The maximum Gasteiger partial charge on any atom is 0.126 e. The molecule has 0 aliphatic carbocycles. The molecule has 0 aliphatic heterocycles. The molecule has 3 aromatic rings. The number of rotatable bonds is 0. The minimum absolute atomic E-state index is 0.507. The zero-order valence-electron chi connectivity index (χ0n) is 7.50. The smallest absolute Gasteiger partial charge is 0.126 e. The summed E-state index contributed by atoms with van der Waals surface area (Å²) in [5.41, 5.74) is 0. The first-order valence-electron chi connectivity index (χ1n) is 4.38. The fraction of sp³-hybridized carbons (Fsp3) is 0. The van der Waals surface area contributed by atoms with Gasteiger partial charge >= 0.3 is 0 Å². The van der Waals surface area contributed by atoms with Crippen LogP contribution in [-0.2, 0) is 0 Å². The molecule has 0 N–H and O–H groups in total. The van der Waals surface area contributed by atoms with Gasteiger partial charge in [-0.15, -0.1) is 11.3 Å². The van der Waals surface area contributed by atoms with Crippen LogP contribution in [0.15, 0.2) is 30.5 Å². The summed E-state index contributed by atoms with van der Waals surface area (Å²) < 4.78 is 1.18. The van der Waals surface area contributed by atoms with Gasteiger partial charge in [0.05, 0.1) is 10.0 Å². The van der Waals surface area contributed by atoms with E-state index in [1.54, 1.807) is 17.5 Å². The first-order chi connectivity index (χ1) is 7.27. The van der Waals surface area contributed by atoms with Crippen LogP contribution in [0.2, 0.25) is 10.0 Å². The van der Waals surface area contributed by atoms with Crippen LogP contribution in [0.5, 0.6) is 0 Å². The summed E-state index contributed by atoms with van der Waals surface area (Å²) in [6.07, 6.45) is 1.60. The highest BCUT2D eigenvalue weighted by Crippen LogP contribution is 2.39. The van der Waals surface area contributed by atoms with Crippen molar-refractivity contribution in [2.45, 2.75) is 0 Å². The second kappa shape index (κ2) is 3.34. The summed E-state index contributed by atoms with van der Waals surface area (Å²) in [7, 11) is 0. The second-order valence-corrected chi connectivity index (χ2v) is 5.01. The van der Waals surface area contributed by atoms with Gasteiger partial charge in [0, 0.05) is 21.7 Å². The Morgan fingerprint density at radius 1 is 1.13 bits per heavy atom. The van der Waals surface area contributed by atoms with Crippen molar-refractivity contribution in [2.24, 2.45) is 0 Å². The summed E-state index contributed by atoms with van der Waals surface area (Å²) in [4.78, 5) is 5.22.